The molecule has 68 valence electrons. The molecule has 0 atom stereocenters. The maximum absolute atomic E-state index is 10.7. The normalized spacial score (nSPS) is 13.5. The molecule has 1 aliphatic rings. The second-order valence-electron chi connectivity index (χ2n) is 3.31. The quantitative estimate of drug-likeness (QED) is 0.696. The summed E-state index contributed by atoms with van der Waals surface area (Å²) < 4.78 is 0. The van der Waals surface area contributed by atoms with E-state index in [1.54, 1.807) is 0 Å². The maximum atomic E-state index is 10.7. The molecule has 3 nitrogen and oxygen atoms in total. The second-order valence-corrected chi connectivity index (χ2v) is 3.31. The van der Waals surface area contributed by atoms with Crippen molar-refractivity contribution in [2.45, 2.75) is 12.8 Å². The van der Waals surface area contributed by atoms with Crippen molar-refractivity contribution in [2.75, 3.05) is 11.9 Å². The van der Waals surface area contributed by atoms with Crippen LogP contribution >= 0.6 is 0 Å². The fourth-order valence-corrected chi connectivity index (χ4v) is 1.67. The van der Waals surface area contributed by atoms with E-state index in [1.807, 2.05) is 12.1 Å². The molecule has 3 heteroatoms. The first-order chi connectivity index (χ1) is 6.25. The van der Waals surface area contributed by atoms with Crippen molar-refractivity contribution >= 4 is 11.6 Å². The smallest absolute Gasteiger partial charge is 0.221 e. The molecule has 0 aliphatic carbocycles. The summed E-state index contributed by atoms with van der Waals surface area (Å²) in [6.07, 6.45) is 1.38. The van der Waals surface area contributed by atoms with Crippen molar-refractivity contribution in [2.24, 2.45) is 5.73 Å². The summed E-state index contributed by atoms with van der Waals surface area (Å²) in [5.41, 5.74) is 8.60. The third-order valence-electron chi connectivity index (χ3n) is 2.26. The number of benzene rings is 1. The Morgan fingerprint density at radius 3 is 3.15 bits per heavy atom. The van der Waals surface area contributed by atoms with E-state index in [-0.39, 0.29) is 5.91 Å². The molecule has 3 N–H and O–H groups in total. The van der Waals surface area contributed by atoms with Crippen LogP contribution in [0.4, 0.5) is 5.69 Å². The highest BCUT2D eigenvalue weighted by Gasteiger charge is 2.10. The number of rotatable bonds is 2. The van der Waals surface area contributed by atoms with Crippen molar-refractivity contribution in [1.82, 2.24) is 0 Å². The Hall–Kier alpha value is -1.51. The summed E-state index contributed by atoms with van der Waals surface area (Å²) in [5.74, 6) is -0.272. The Kier molecular flexibility index (Phi) is 1.93. The van der Waals surface area contributed by atoms with Gasteiger partial charge in [0.2, 0.25) is 5.91 Å². The molecule has 1 amide bonds. The third kappa shape index (κ3) is 1.64. The minimum atomic E-state index is -0.272. The molecule has 0 spiro atoms. The fourth-order valence-electron chi connectivity index (χ4n) is 1.67. The molecular weight excluding hydrogens is 164 g/mol. The van der Waals surface area contributed by atoms with Gasteiger partial charge in [0.1, 0.15) is 0 Å². The van der Waals surface area contributed by atoms with Gasteiger partial charge in [-0.15, -0.1) is 0 Å². The second kappa shape index (κ2) is 3.09. The van der Waals surface area contributed by atoms with Crippen LogP contribution in [0.15, 0.2) is 18.2 Å². The summed E-state index contributed by atoms with van der Waals surface area (Å²) >= 11 is 0. The van der Waals surface area contributed by atoms with E-state index in [4.69, 9.17) is 5.73 Å². The van der Waals surface area contributed by atoms with Gasteiger partial charge in [0.05, 0.1) is 6.42 Å². The van der Waals surface area contributed by atoms with Gasteiger partial charge in [-0.3, -0.25) is 4.79 Å². The van der Waals surface area contributed by atoms with E-state index in [0.717, 1.165) is 18.5 Å². The topological polar surface area (TPSA) is 55.1 Å². The van der Waals surface area contributed by atoms with Gasteiger partial charge in [-0.2, -0.15) is 0 Å². The molecule has 1 aromatic rings. The number of fused-ring (bicyclic) bond motifs is 1. The summed E-state index contributed by atoms with van der Waals surface area (Å²) in [6.45, 7) is 0.995. The van der Waals surface area contributed by atoms with Gasteiger partial charge < -0.3 is 11.1 Å². The van der Waals surface area contributed by atoms with Crippen molar-refractivity contribution < 1.29 is 4.79 Å². The molecule has 1 heterocycles. The van der Waals surface area contributed by atoms with E-state index in [9.17, 15) is 4.79 Å². The Morgan fingerprint density at radius 1 is 1.54 bits per heavy atom. The minimum Gasteiger partial charge on any atom is -0.384 e. The van der Waals surface area contributed by atoms with Crippen LogP contribution in [0.2, 0.25) is 0 Å². The highest BCUT2D eigenvalue weighted by Crippen LogP contribution is 2.22. The number of carbonyl (C=O) groups excluding carboxylic acids is 1. The zero-order chi connectivity index (χ0) is 9.26. The van der Waals surface area contributed by atoms with Crippen molar-refractivity contribution in [3.63, 3.8) is 0 Å². The van der Waals surface area contributed by atoms with Crippen molar-refractivity contribution in [3.05, 3.63) is 29.3 Å². The molecule has 2 rings (SSSR count). The minimum absolute atomic E-state index is 0.272. The molecule has 0 unspecified atom stereocenters. The highest BCUT2D eigenvalue weighted by molar-refractivity contribution is 5.77. The number of nitrogens with two attached hydrogens (primary N) is 1. The summed E-state index contributed by atoms with van der Waals surface area (Å²) in [6, 6.07) is 6.02. The largest absolute Gasteiger partial charge is 0.384 e. The van der Waals surface area contributed by atoms with Crippen LogP contribution in [0.1, 0.15) is 11.1 Å². The number of anilines is 1. The first kappa shape index (κ1) is 8.10. The Labute approximate surface area is 76.9 Å². The molecular formula is C10H12N2O. The van der Waals surface area contributed by atoms with Gasteiger partial charge in [0.15, 0.2) is 0 Å². The first-order valence-electron chi connectivity index (χ1n) is 4.40. The van der Waals surface area contributed by atoms with E-state index in [1.165, 1.54) is 11.3 Å². The maximum Gasteiger partial charge on any atom is 0.221 e. The monoisotopic (exact) mass is 176 g/mol. The van der Waals surface area contributed by atoms with E-state index in [0.29, 0.717) is 6.42 Å². The first-order valence-corrected chi connectivity index (χ1v) is 4.40. The molecule has 13 heavy (non-hydrogen) atoms. The molecule has 0 aromatic heterocycles. The van der Waals surface area contributed by atoms with Crippen LogP contribution in [-0.2, 0) is 17.6 Å². The number of amides is 1. The van der Waals surface area contributed by atoms with Gasteiger partial charge in [0, 0.05) is 12.2 Å². The van der Waals surface area contributed by atoms with E-state index in [2.05, 4.69) is 11.4 Å². The van der Waals surface area contributed by atoms with Crippen molar-refractivity contribution in [1.29, 1.82) is 0 Å². The van der Waals surface area contributed by atoms with Crippen LogP contribution in [0.5, 0.6) is 0 Å². The molecule has 0 radical (unpaired) electrons. The number of carbonyl (C=O) groups is 1. The lowest BCUT2D eigenvalue weighted by molar-refractivity contribution is -0.117. The average Bonchev–Trinajstić information content (AvgIpc) is 2.49. The third-order valence-corrected chi connectivity index (χ3v) is 2.26. The standard InChI is InChI=1S/C10H12N2O/c11-10(13)6-7-1-2-9-8(5-7)3-4-12-9/h1-2,5,12H,3-4,6H2,(H2,11,13). The predicted molar refractivity (Wildman–Crippen MR) is 51.5 cm³/mol. The zero-order valence-corrected chi connectivity index (χ0v) is 7.34. The van der Waals surface area contributed by atoms with E-state index >= 15 is 0 Å². The van der Waals surface area contributed by atoms with Crippen LogP contribution in [0, 0.1) is 0 Å². The van der Waals surface area contributed by atoms with Crippen LogP contribution < -0.4 is 11.1 Å². The molecule has 1 aromatic carbocycles. The summed E-state index contributed by atoms with van der Waals surface area (Å²) in [5, 5.41) is 3.26. The summed E-state index contributed by atoms with van der Waals surface area (Å²) in [4.78, 5) is 10.7. The molecule has 0 bridgehead atoms. The molecule has 1 aliphatic heterocycles. The molecule has 0 saturated carbocycles. The average molecular weight is 176 g/mol. The van der Waals surface area contributed by atoms with Crippen LogP contribution in [0.3, 0.4) is 0 Å². The van der Waals surface area contributed by atoms with Gasteiger partial charge >= 0.3 is 0 Å². The molecule has 0 saturated heterocycles. The van der Waals surface area contributed by atoms with Crippen molar-refractivity contribution in [3.8, 4) is 0 Å². The zero-order valence-electron chi connectivity index (χ0n) is 7.34. The predicted octanol–water partition coefficient (Wildman–Crippen LogP) is 0.682. The van der Waals surface area contributed by atoms with Gasteiger partial charge in [-0.25, -0.2) is 0 Å². The number of hydrogen-bond acceptors (Lipinski definition) is 2. The van der Waals surface area contributed by atoms with E-state index < -0.39 is 0 Å². The Balaban J connectivity index is 2.25. The fraction of sp³-hybridized carbons (Fsp3) is 0.300. The lowest BCUT2D eigenvalue weighted by atomic mass is 10.1. The molecule has 0 fully saturated rings. The van der Waals surface area contributed by atoms with Crippen LogP contribution in [0.25, 0.3) is 0 Å². The lowest BCUT2D eigenvalue weighted by Crippen LogP contribution is -2.13. The number of hydrogen-bond donors (Lipinski definition) is 2. The Morgan fingerprint density at radius 2 is 2.38 bits per heavy atom. The van der Waals surface area contributed by atoms with Gasteiger partial charge in [-0.1, -0.05) is 12.1 Å². The highest BCUT2D eigenvalue weighted by atomic mass is 16.1. The van der Waals surface area contributed by atoms with Gasteiger partial charge in [0.25, 0.3) is 0 Å². The lowest BCUT2D eigenvalue weighted by Gasteiger charge is -2.02. The van der Waals surface area contributed by atoms with Gasteiger partial charge in [-0.05, 0) is 23.6 Å². The number of nitrogens with one attached hydrogen (secondary N) is 1. The number of primary amides is 1. The SMILES string of the molecule is NC(=O)Cc1ccc2c(c1)CCN2. The summed E-state index contributed by atoms with van der Waals surface area (Å²) in [7, 11) is 0. The Bertz CT molecular complexity index is 347. The van der Waals surface area contributed by atoms with Crippen LogP contribution in [-0.4, -0.2) is 12.5 Å².